The number of hydrogen-bond donors (Lipinski definition) is 2. The molecule has 158 valence electrons. The number of nitrogens with one attached hydrogen (secondary N) is 2. The number of ether oxygens (including phenoxy) is 1. The fourth-order valence-electron chi connectivity index (χ4n) is 3.56. The Morgan fingerprint density at radius 1 is 1.10 bits per heavy atom. The van der Waals surface area contributed by atoms with E-state index in [1.165, 1.54) is 0 Å². The van der Waals surface area contributed by atoms with Crippen molar-refractivity contribution in [3.05, 3.63) is 82.7 Å². The van der Waals surface area contributed by atoms with E-state index in [0.717, 1.165) is 11.1 Å². The monoisotopic (exact) mass is 417 g/mol. The summed E-state index contributed by atoms with van der Waals surface area (Å²) >= 11 is 0. The molecule has 0 saturated carbocycles. The largest absolute Gasteiger partial charge is 0.463 e. The molecule has 1 atom stereocenters. The van der Waals surface area contributed by atoms with E-state index in [1.807, 2.05) is 61.5 Å². The van der Waals surface area contributed by atoms with Crippen LogP contribution in [0.15, 0.2) is 65.9 Å². The van der Waals surface area contributed by atoms with Crippen LogP contribution >= 0.6 is 0 Å². The molecule has 4 rings (SSSR count). The summed E-state index contributed by atoms with van der Waals surface area (Å²) in [6.45, 7) is 5.77. The lowest BCUT2D eigenvalue weighted by atomic mass is 9.95. The standard InChI is InChI=1S/C23H23N5O3/c1-4-31-23(30)18-15(3)24-21-19(22(29)25-17-12-10-14(2)11-13-17)26-27-28(21)20(18)16-8-6-5-7-9-16/h5-13,20,24H,4H2,1-3H3,(H,25,29). The molecule has 0 bridgehead atoms. The van der Waals surface area contributed by atoms with Crippen LogP contribution in [-0.4, -0.2) is 33.5 Å². The van der Waals surface area contributed by atoms with Crippen molar-refractivity contribution in [2.75, 3.05) is 17.2 Å². The van der Waals surface area contributed by atoms with Gasteiger partial charge in [0.15, 0.2) is 11.5 Å². The van der Waals surface area contributed by atoms with Crippen LogP contribution < -0.4 is 10.6 Å². The van der Waals surface area contributed by atoms with Crippen LogP contribution in [0.2, 0.25) is 0 Å². The van der Waals surface area contributed by atoms with Gasteiger partial charge < -0.3 is 15.4 Å². The molecular weight excluding hydrogens is 394 g/mol. The SMILES string of the molecule is CCOC(=O)C1=C(C)Nc2c(C(=O)Nc3ccc(C)cc3)nnn2C1c1ccccc1. The van der Waals surface area contributed by atoms with Gasteiger partial charge in [0.1, 0.15) is 6.04 Å². The van der Waals surface area contributed by atoms with Gasteiger partial charge in [-0.15, -0.1) is 5.10 Å². The highest BCUT2D eigenvalue weighted by atomic mass is 16.5. The number of fused-ring (bicyclic) bond motifs is 1. The molecule has 0 aliphatic carbocycles. The first kappa shape index (κ1) is 20.3. The van der Waals surface area contributed by atoms with Gasteiger partial charge in [0.25, 0.3) is 5.91 Å². The van der Waals surface area contributed by atoms with E-state index in [1.54, 1.807) is 18.5 Å². The second-order valence-corrected chi connectivity index (χ2v) is 7.25. The predicted octanol–water partition coefficient (Wildman–Crippen LogP) is 3.69. The van der Waals surface area contributed by atoms with E-state index in [9.17, 15) is 9.59 Å². The summed E-state index contributed by atoms with van der Waals surface area (Å²) in [7, 11) is 0. The fourth-order valence-corrected chi connectivity index (χ4v) is 3.56. The number of rotatable bonds is 5. The van der Waals surface area contributed by atoms with Crippen LogP contribution in [0.25, 0.3) is 0 Å². The molecule has 0 fully saturated rings. The molecule has 2 aromatic carbocycles. The zero-order valence-corrected chi connectivity index (χ0v) is 17.5. The first-order valence-corrected chi connectivity index (χ1v) is 10.0. The fraction of sp³-hybridized carbons (Fsp3) is 0.217. The minimum absolute atomic E-state index is 0.142. The number of aromatic nitrogens is 3. The van der Waals surface area contributed by atoms with Crippen molar-refractivity contribution < 1.29 is 14.3 Å². The maximum absolute atomic E-state index is 12.9. The van der Waals surface area contributed by atoms with E-state index in [2.05, 4.69) is 20.9 Å². The molecule has 8 heteroatoms. The molecule has 31 heavy (non-hydrogen) atoms. The van der Waals surface area contributed by atoms with Crippen molar-refractivity contribution in [2.24, 2.45) is 0 Å². The van der Waals surface area contributed by atoms with E-state index in [4.69, 9.17) is 4.74 Å². The van der Waals surface area contributed by atoms with Crippen LogP contribution in [-0.2, 0) is 9.53 Å². The molecule has 1 unspecified atom stereocenters. The molecule has 1 aliphatic rings. The van der Waals surface area contributed by atoms with Gasteiger partial charge in [0.05, 0.1) is 12.2 Å². The van der Waals surface area contributed by atoms with Crippen LogP contribution in [0.4, 0.5) is 11.5 Å². The number of aryl methyl sites for hydroxylation is 1. The van der Waals surface area contributed by atoms with E-state index < -0.39 is 17.9 Å². The maximum Gasteiger partial charge on any atom is 0.338 e. The number of nitrogens with zero attached hydrogens (tertiary/aromatic N) is 3. The zero-order chi connectivity index (χ0) is 22.0. The minimum atomic E-state index is -0.565. The lowest BCUT2D eigenvalue weighted by molar-refractivity contribution is -0.139. The number of allylic oxidation sites excluding steroid dienone is 1. The molecule has 1 aliphatic heterocycles. The second kappa shape index (κ2) is 8.43. The Morgan fingerprint density at radius 3 is 2.48 bits per heavy atom. The summed E-state index contributed by atoms with van der Waals surface area (Å²) < 4.78 is 6.84. The van der Waals surface area contributed by atoms with Gasteiger partial charge in [0.2, 0.25) is 0 Å². The highest BCUT2D eigenvalue weighted by Gasteiger charge is 2.36. The average Bonchev–Trinajstić information content (AvgIpc) is 3.18. The van der Waals surface area contributed by atoms with Gasteiger partial charge in [-0.3, -0.25) is 4.79 Å². The number of anilines is 2. The molecule has 0 spiro atoms. The Hall–Kier alpha value is -3.94. The summed E-state index contributed by atoms with van der Waals surface area (Å²) in [5, 5.41) is 14.3. The third kappa shape index (κ3) is 3.92. The van der Waals surface area contributed by atoms with Crippen molar-refractivity contribution in [3.8, 4) is 0 Å². The Bertz CT molecular complexity index is 1150. The summed E-state index contributed by atoms with van der Waals surface area (Å²) in [4.78, 5) is 25.7. The molecule has 0 saturated heterocycles. The molecule has 8 nitrogen and oxygen atoms in total. The number of hydrogen-bond acceptors (Lipinski definition) is 6. The van der Waals surface area contributed by atoms with Gasteiger partial charge in [0, 0.05) is 11.4 Å². The molecule has 1 amide bonds. The van der Waals surface area contributed by atoms with Crippen molar-refractivity contribution >= 4 is 23.4 Å². The Labute approximate surface area is 179 Å². The summed E-state index contributed by atoms with van der Waals surface area (Å²) in [5.74, 6) is -0.408. The molecule has 1 aromatic heterocycles. The predicted molar refractivity (Wildman–Crippen MR) is 117 cm³/mol. The highest BCUT2D eigenvalue weighted by molar-refractivity contribution is 6.06. The van der Waals surface area contributed by atoms with Crippen molar-refractivity contribution in [3.63, 3.8) is 0 Å². The maximum atomic E-state index is 12.9. The lowest BCUT2D eigenvalue weighted by Gasteiger charge is -2.28. The summed E-state index contributed by atoms with van der Waals surface area (Å²) in [5.41, 5.74) is 3.75. The van der Waals surface area contributed by atoms with Crippen LogP contribution in [0.1, 0.15) is 41.5 Å². The topological polar surface area (TPSA) is 98.1 Å². The number of esters is 1. The second-order valence-electron chi connectivity index (χ2n) is 7.25. The quantitative estimate of drug-likeness (QED) is 0.615. The molecular formula is C23H23N5O3. The third-order valence-electron chi connectivity index (χ3n) is 5.06. The molecule has 2 N–H and O–H groups in total. The third-order valence-corrected chi connectivity index (χ3v) is 5.06. The van der Waals surface area contributed by atoms with E-state index >= 15 is 0 Å². The van der Waals surface area contributed by atoms with E-state index in [-0.39, 0.29) is 12.3 Å². The zero-order valence-electron chi connectivity index (χ0n) is 17.5. The average molecular weight is 417 g/mol. The highest BCUT2D eigenvalue weighted by Crippen LogP contribution is 2.37. The molecule has 3 aromatic rings. The Morgan fingerprint density at radius 2 is 1.81 bits per heavy atom. The van der Waals surface area contributed by atoms with Crippen LogP contribution in [0.3, 0.4) is 0 Å². The summed E-state index contributed by atoms with van der Waals surface area (Å²) in [6.07, 6.45) is 0. The van der Waals surface area contributed by atoms with Gasteiger partial charge in [-0.2, -0.15) is 0 Å². The number of benzene rings is 2. The van der Waals surface area contributed by atoms with Crippen molar-refractivity contribution in [2.45, 2.75) is 26.8 Å². The van der Waals surface area contributed by atoms with Crippen molar-refractivity contribution in [1.29, 1.82) is 0 Å². The van der Waals surface area contributed by atoms with Crippen LogP contribution in [0.5, 0.6) is 0 Å². The molecule has 0 radical (unpaired) electrons. The van der Waals surface area contributed by atoms with Gasteiger partial charge in [-0.05, 0) is 38.5 Å². The van der Waals surface area contributed by atoms with Gasteiger partial charge in [-0.25, -0.2) is 9.48 Å². The number of carbonyl (C=O) groups excluding carboxylic acids is 2. The van der Waals surface area contributed by atoms with E-state index in [0.29, 0.717) is 22.8 Å². The Kier molecular flexibility index (Phi) is 5.53. The number of amides is 1. The normalized spacial score (nSPS) is 15.1. The van der Waals surface area contributed by atoms with Crippen molar-refractivity contribution in [1.82, 2.24) is 15.0 Å². The van der Waals surface area contributed by atoms with Crippen LogP contribution in [0, 0.1) is 6.92 Å². The molecule has 2 heterocycles. The summed E-state index contributed by atoms with van der Waals surface area (Å²) in [6, 6.07) is 16.4. The minimum Gasteiger partial charge on any atom is -0.463 e. The van der Waals surface area contributed by atoms with Gasteiger partial charge >= 0.3 is 5.97 Å². The smallest absolute Gasteiger partial charge is 0.338 e. The van der Waals surface area contributed by atoms with Gasteiger partial charge in [-0.1, -0.05) is 53.2 Å². The first-order valence-electron chi connectivity index (χ1n) is 10.0. The number of carbonyl (C=O) groups is 2. The lowest BCUT2D eigenvalue weighted by Crippen LogP contribution is -2.30. The Balaban J connectivity index is 1.74. The first-order chi connectivity index (χ1) is 15.0.